The lowest BCUT2D eigenvalue weighted by molar-refractivity contribution is -0.180. The summed E-state index contributed by atoms with van der Waals surface area (Å²) in [6, 6.07) is 0. The number of carbonyl (C=O) groups excluding carboxylic acids is 1. The minimum Gasteiger partial charge on any atom is -0.459 e. The Morgan fingerprint density at radius 3 is 2.16 bits per heavy atom. The van der Waals surface area contributed by atoms with Crippen LogP contribution in [0.1, 0.15) is 60.8 Å². The third-order valence-corrected chi connectivity index (χ3v) is 4.22. The van der Waals surface area contributed by atoms with Gasteiger partial charge < -0.3 is 9.47 Å². The highest BCUT2D eigenvalue weighted by Crippen LogP contribution is 2.36. The van der Waals surface area contributed by atoms with Crippen molar-refractivity contribution in [1.29, 1.82) is 0 Å². The standard InChI is InChI=1S/C16H30O3/c1-7-16(8-10-18-11-9-16)19-14(17)13(12(2)3)15(4,5)6/h12-13H,7-11H2,1-6H3. The topological polar surface area (TPSA) is 35.5 Å². The van der Waals surface area contributed by atoms with Gasteiger partial charge in [0, 0.05) is 12.8 Å². The van der Waals surface area contributed by atoms with E-state index in [9.17, 15) is 4.79 Å². The first-order chi connectivity index (χ1) is 8.72. The predicted molar refractivity (Wildman–Crippen MR) is 77.0 cm³/mol. The molecule has 0 spiro atoms. The van der Waals surface area contributed by atoms with Gasteiger partial charge in [-0.05, 0) is 17.8 Å². The van der Waals surface area contributed by atoms with Crippen molar-refractivity contribution in [3.8, 4) is 0 Å². The molecule has 3 nitrogen and oxygen atoms in total. The summed E-state index contributed by atoms with van der Waals surface area (Å²) in [5, 5.41) is 0. The van der Waals surface area contributed by atoms with Gasteiger partial charge in [0.25, 0.3) is 0 Å². The fourth-order valence-electron chi connectivity index (χ4n) is 3.17. The van der Waals surface area contributed by atoms with Crippen LogP contribution in [0.4, 0.5) is 0 Å². The van der Waals surface area contributed by atoms with Gasteiger partial charge in [-0.3, -0.25) is 4.79 Å². The molecule has 0 saturated carbocycles. The number of ether oxygens (including phenoxy) is 2. The van der Waals surface area contributed by atoms with E-state index in [2.05, 4.69) is 41.5 Å². The Kier molecular flexibility index (Phi) is 5.43. The monoisotopic (exact) mass is 270 g/mol. The zero-order chi connectivity index (χ0) is 14.7. The Balaban J connectivity index is 2.80. The van der Waals surface area contributed by atoms with Crippen LogP contribution in [0.25, 0.3) is 0 Å². The van der Waals surface area contributed by atoms with Gasteiger partial charge in [-0.1, -0.05) is 41.5 Å². The molecule has 3 heteroatoms. The number of hydrogen-bond donors (Lipinski definition) is 0. The maximum atomic E-state index is 12.6. The average molecular weight is 270 g/mol. The molecule has 0 aliphatic carbocycles. The fraction of sp³-hybridized carbons (Fsp3) is 0.938. The largest absolute Gasteiger partial charge is 0.459 e. The molecule has 1 heterocycles. The van der Waals surface area contributed by atoms with E-state index in [0.717, 1.165) is 19.3 Å². The molecule has 1 saturated heterocycles. The molecule has 1 aliphatic rings. The lowest BCUT2D eigenvalue weighted by Gasteiger charge is -2.40. The van der Waals surface area contributed by atoms with Crippen molar-refractivity contribution in [3.05, 3.63) is 0 Å². The van der Waals surface area contributed by atoms with E-state index < -0.39 is 0 Å². The summed E-state index contributed by atoms with van der Waals surface area (Å²) in [5.74, 6) is 0.200. The van der Waals surface area contributed by atoms with Crippen LogP contribution in [-0.4, -0.2) is 24.8 Å². The van der Waals surface area contributed by atoms with Gasteiger partial charge in [-0.15, -0.1) is 0 Å². The van der Waals surface area contributed by atoms with Crippen molar-refractivity contribution in [2.75, 3.05) is 13.2 Å². The van der Waals surface area contributed by atoms with Crippen LogP contribution in [0.5, 0.6) is 0 Å². The number of rotatable bonds is 4. The second-order valence-corrected chi connectivity index (χ2v) is 7.16. The molecule has 1 rings (SSSR count). The Hall–Kier alpha value is -0.570. The summed E-state index contributed by atoms with van der Waals surface area (Å²) in [7, 11) is 0. The third kappa shape index (κ3) is 4.20. The molecule has 1 unspecified atom stereocenters. The molecular weight excluding hydrogens is 240 g/mol. The molecule has 0 bridgehead atoms. The van der Waals surface area contributed by atoms with Gasteiger partial charge in [0.15, 0.2) is 0 Å². The van der Waals surface area contributed by atoms with Crippen LogP contribution in [0.2, 0.25) is 0 Å². The van der Waals surface area contributed by atoms with Gasteiger partial charge in [0.2, 0.25) is 0 Å². The molecule has 0 amide bonds. The number of carbonyl (C=O) groups is 1. The van der Waals surface area contributed by atoms with Crippen molar-refractivity contribution >= 4 is 5.97 Å². The zero-order valence-corrected chi connectivity index (χ0v) is 13.4. The first kappa shape index (κ1) is 16.5. The number of esters is 1. The van der Waals surface area contributed by atoms with Gasteiger partial charge in [-0.25, -0.2) is 0 Å². The van der Waals surface area contributed by atoms with Gasteiger partial charge >= 0.3 is 5.97 Å². The van der Waals surface area contributed by atoms with Crippen molar-refractivity contribution in [1.82, 2.24) is 0 Å². The average Bonchev–Trinajstić information content (AvgIpc) is 2.27. The Morgan fingerprint density at radius 1 is 1.26 bits per heavy atom. The highest BCUT2D eigenvalue weighted by atomic mass is 16.6. The molecule has 19 heavy (non-hydrogen) atoms. The van der Waals surface area contributed by atoms with Gasteiger partial charge in [0.1, 0.15) is 5.60 Å². The van der Waals surface area contributed by atoms with Crippen LogP contribution in [-0.2, 0) is 14.3 Å². The van der Waals surface area contributed by atoms with Crippen molar-refractivity contribution in [2.24, 2.45) is 17.3 Å². The molecule has 1 atom stereocenters. The van der Waals surface area contributed by atoms with Crippen LogP contribution >= 0.6 is 0 Å². The molecule has 0 aromatic carbocycles. The summed E-state index contributed by atoms with van der Waals surface area (Å²) in [6.07, 6.45) is 2.52. The molecule has 0 aromatic heterocycles. The lowest BCUT2D eigenvalue weighted by Crippen LogP contribution is -2.44. The minimum absolute atomic E-state index is 0.0359. The minimum atomic E-state index is -0.298. The summed E-state index contributed by atoms with van der Waals surface area (Å²) >= 11 is 0. The summed E-state index contributed by atoms with van der Waals surface area (Å²) < 4.78 is 11.4. The maximum absolute atomic E-state index is 12.6. The molecule has 0 radical (unpaired) electrons. The second-order valence-electron chi connectivity index (χ2n) is 7.16. The second kappa shape index (κ2) is 6.25. The van der Waals surface area contributed by atoms with Crippen LogP contribution in [0, 0.1) is 17.3 Å². The van der Waals surface area contributed by atoms with E-state index >= 15 is 0 Å². The zero-order valence-electron chi connectivity index (χ0n) is 13.4. The summed E-state index contributed by atoms with van der Waals surface area (Å²) in [4.78, 5) is 12.6. The quantitative estimate of drug-likeness (QED) is 0.729. The van der Waals surface area contributed by atoms with Crippen molar-refractivity contribution in [2.45, 2.75) is 66.4 Å². The summed E-state index contributed by atoms with van der Waals surface area (Å²) in [5.41, 5.74) is -0.362. The van der Waals surface area contributed by atoms with Crippen molar-refractivity contribution < 1.29 is 14.3 Å². The smallest absolute Gasteiger partial charge is 0.310 e. The first-order valence-corrected chi connectivity index (χ1v) is 7.52. The fourth-order valence-corrected chi connectivity index (χ4v) is 3.17. The third-order valence-electron chi connectivity index (χ3n) is 4.22. The molecule has 1 aliphatic heterocycles. The van der Waals surface area contributed by atoms with E-state index in [-0.39, 0.29) is 22.9 Å². The maximum Gasteiger partial charge on any atom is 0.310 e. The van der Waals surface area contributed by atoms with E-state index in [4.69, 9.17) is 9.47 Å². The van der Waals surface area contributed by atoms with E-state index in [1.807, 2.05) is 0 Å². The molecule has 0 N–H and O–H groups in total. The lowest BCUT2D eigenvalue weighted by atomic mass is 9.74. The summed E-state index contributed by atoms with van der Waals surface area (Å²) in [6.45, 7) is 14.0. The van der Waals surface area contributed by atoms with Crippen LogP contribution in [0.15, 0.2) is 0 Å². The molecular formula is C16H30O3. The van der Waals surface area contributed by atoms with Crippen LogP contribution in [0.3, 0.4) is 0 Å². The Morgan fingerprint density at radius 2 is 1.79 bits per heavy atom. The van der Waals surface area contributed by atoms with Crippen LogP contribution < -0.4 is 0 Å². The van der Waals surface area contributed by atoms with E-state index in [0.29, 0.717) is 19.1 Å². The molecule has 1 fully saturated rings. The first-order valence-electron chi connectivity index (χ1n) is 7.52. The highest BCUT2D eigenvalue weighted by Gasteiger charge is 2.41. The Labute approximate surface area is 118 Å². The van der Waals surface area contributed by atoms with Gasteiger partial charge in [-0.2, -0.15) is 0 Å². The number of hydrogen-bond acceptors (Lipinski definition) is 3. The normalized spacial score (nSPS) is 21.2. The SMILES string of the molecule is CCC1(OC(=O)C(C(C)C)C(C)(C)C)CCOCC1. The van der Waals surface area contributed by atoms with E-state index in [1.54, 1.807) is 0 Å². The van der Waals surface area contributed by atoms with Crippen molar-refractivity contribution in [3.63, 3.8) is 0 Å². The molecule has 112 valence electrons. The van der Waals surface area contributed by atoms with Gasteiger partial charge in [0.05, 0.1) is 19.1 Å². The van der Waals surface area contributed by atoms with E-state index in [1.165, 1.54) is 0 Å². The Bertz CT molecular complexity index is 296. The molecule has 0 aromatic rings. The highest BCUT2D eigenvalue weighted by molar-refractivity contribution is 5.74. The predicted octanol–water partition coefficient (Wildman–Crippen LogP) is 3.81.